The van der Waals surface area contributed by atoms with Crippen LogP contribution in [-0.4, -0.2) is 73.6 Å². The van der Waals surface area contributed by atoms with Crippen molar-refractivity contribution in [3.8, 4) is 0 Å². The molecule has 8 nitrogen and oxygen atoms in total. The minimum atomic E-state index is -0.244. The first-order valence-electron chi connectivity index (χ1n) is 9.98. The molecule has 164 valence electrons. The summed E-state index contributed by atoms with van der Waals surface area (Å²) in [6.07, 6.45) is 1.90. The summed E-state index contributed by atoms with van der Waals surface area (Å²) in [7, 11) is 1.69. The Morgan fingerprint density at radius 1 is 1.17 bits per heavy atom. The number of rotatable bonds is 6. The first kappa shape index (κ1) is 25.4. The van der Waals surface area contributed by atoms with Crippen molar-refractivity contribution in [2.45, 2.75) is 39.8 Å². The molecule has 0 saturated carbocycles. The van der Waals surface area contributed by atoms with Crippen molar-refractivity contribution in [2.75, 3.05) is 51.2 Å². The second-order valence-corrected chi connectivity index (χ2v) is 8.02. The molecule has 0 spiro atoms. The standard InChI is InChI=1S/C20H35N7O.HI/c1-6-26-9-11-27(12-10-26)17-8-7-16(13-22-17)14-23-19(21-5)24-15-18(28)25-20(2,3)4;/h7-8,13H,6,9-12,14-15H2,1-5H3,(H,25,28)(H2,21,23,24);1H. The Hall–Kier alpha value is -1.62. The summed E-state index contributed by atoms with van der Waals surface area (Å²) in [6, 6.07) is 4.16. The normalized spacial score (nSPS) is 15.5. The molecule has 3 N–H and O–H groups in total. The molecule has 0 unspecified atom stereocenters. The summed E-state index contributed by atoms with van der Waals surface area (Å²) in [6.45, 7) is 14.2. The average Bonchev–Trinajstić information content (AvgIpc) is 2.67. The van der Waals surface area contributed by atoms with Gasteiger partial charge in [-0.2, -0.15) is 0 Å². The SMILES string of the molecule is CCN1CCN(c2ccc(CNC(=NC)NCC(=O)NC(C)(C)C)cn2)CC1.I. The third-order valence-electron chi connectivity index (χ3n) is 4.57. The fraction of sp³-hybridized carbons (Fsp3) is 0.650. The second kappa shape index (κ2) is 12.2. The molecule has 0 atom stereocenters. The monoisotopic (exact) mass is 517 g/mol. The highest BCUT2D eigenvalue weighted by Gasteiger charge is 2.16. The molecule has 0 bridgehead atoms. The molecular formula is C20H36IN7O. The van der Waals surface area contributed by atoms with Crippen molar-refractivity contribution in [3.63, 3.8) is 0 Å². The van der Waals surface area contributed by atoms with E-state index in [2.05, 4.69) is 54.8 Å². The van der Waals surface area contributed by atoms with Gasteiger partial charge in [-0.15, -0.1) is 24.0 Å². The van der Waals surface area contributed by atoms with Gasteiger partial charge in [-0.05, 0) is 38.9 Å². The lowest BCUT2D eigenvalue weighted by Gasteiger charge is -2.34. The van der Waals surface area contributed by atoms with Crippen LogP contribution in [0.2, 0.25) is 0 Å². The van der Waals surface area contributed by atoms with Crippen LogP contribution in [0.25, 0.3) is 0 Å². The molecule has 1 amide bonds. The molecule has 0 aliphatic carbocycles. The molecule has 1 aromatic heterocycles. The topological polar surface area (TPSA) is 84.9 Å². The zero-order chi connectivity index (χ0) is 20.6. The van der Waals surface area contributed by atoms with Crippen molar-refractivity contribution in [2.24, 2.45) is 4.99 Å². The largest absolute Gasteiger partial charge is 0.354 e. The molecule has 1 saturated heterocycles. The van der Waals surface area contributed by atoms with Crippen molar-refractivity contribution in [1.29, 1.82) is 0 Å². The van der Waals surface area contributed by atoms with Gasteiger partial charge in [0, 0.05) is 51.5 Å². The highest BCUT2D eigenvalue weighted by atomic mass is 127. The fourth-order valence-electron chi connectivity index (χ4n) is 3.03. The number of likely N-dealkylation sites (N-methyl/N-ethyl adjacent to an activating group) is 1. The predicted octanol–water partition coefficient (Wildman–Crippen LogP) is 1.42. The van der Waals surface area contributed by atoms with Crippen LogP contribution in [0, 0.1) is 0 Å². The summed E-state index contributed by atoms with van der Waals surface area (Å²) < 4.78 is 0. The Bertz CT molecular complexity index is 650. The summed E-state index contributed by atoms with van der Waals surface area (Å²) in [5.41, 5.74) is 0.824. The van der Waals surface area contributed by atoms with E-state index >= 15 is 0 Å². The number of hydrogen-bond acceptors (Lipinski definition) is 5. The number of aliphatic imine (C=N–C) groups is 1. The highest BCUT2D eigenvalue weighted by molar-refractivity contribution is 14.0. The lowest BCUT2D eigenvalue weighted by molar-refractivity contribution is -0.121. The number of nitrogens with zero attached hydrogens (tertiary/aromatic N) is 4. The number of carbonyl (C=O) groups is 1. The van der Waals surface area contributed by atoms with E-state index < -0.39 is 0 Å². The lowest BCUT2D eigenvalue weighted by Crippen LogP contribution is -2.48. The van der Waals surface area contributed by atoms with E-state index in [1.165, 1.54) is 0 Å². The number of pyridine rings is 1. The van der Waals surface area contributed by atoms with Gasteiger partial charge in [0.15, 0.2) is 5.96 Å². The Labute approximate surface area is 191 Å². The number of guanidine groups is 1. The number of anilines is 1. The molecule has 2 heterocycles. The molecule has 1 aliphatic rings. The molecular weight excluding hydrogens is 481 g/mol. The predicted molar refractivity (Wildman–Crippen MR) is 130 cm³/mol. The van der Waals surface area contributed by atoms with Crippen molar-refractivity contribution in [3.05, 3.63) is 23.9 Å². The van der Waals surface area contributed by atoms with Gasteiger partial charge in [0.05, 0.1) is 6.54 Å². The molecule has 1 aromatic rings. The molecule has 0 radical (unpaired) electrons. The number of carbonyl (C=O) groups excluding carboxylic acids is 1. The Morgan fingerprint density at radius 3 is 2.38 bits per heavy atom. The maximum absolute atomic E-state index is 11.9. The van der Waals surface area contributed by atoms with E-state index in [9.17, 15) is 4.79 Å². The van der Waals surface area contributed by atoms with Gasteiger partial charge in [0.25, 0.3) is 0 Å². The zero-order valence-corrected chi connectivity index (χ0v) is 20.6. The highest BCUT2D eigenvalue weighted by Crippen LogP contribution is 2.14. The smallest absolute Gasteiger partial charge is 0.239 e. The molecule has 29 heavy (non-hydrogen) atoms. The van der Waals surface area contributed by atoms with Crippen molar-refractivity contribution >= 4 is 41.7 Å². The number of aromatic nitrogens is 1. The van der Waals surface area contributed by atoms with Crippen LogP contribution in [0.1, 0.15) is 33.3 Å². The molecule has 0 aromatic carbocycles. The molecule has 9 heteroatoms. The van der Waals surface area contributed by atoms with Crippen LogP contribution in [0.3, 0.4) is 0 Å². The molecule has 2 rings (SSSR count). The van der Waals surface area contributed by atoms with Gasteiger partial charge >= 0.3 is 0 Å². The summed E-state index contributed by atoms with van der Waals surface area (Å²) in [5, 5.41) is 9.16. The van der Waals surface area contributed by atoms with Gasteiger partial charge < -0.3 is 25.8 Å². The zero-order valence-electron chi connectivity index (χ0n) is 18.3. The second-order valence-electron chi connectivity index (χ2n) is 8.02. The van der Waals surface area contributed by atoms with Gasteiger partial charge in [0.2, 0.25) is 5.91 Å². The van der Waals surface area contributed by atoms with Crippen LogP contribution in [0.5, 0.6) is 0 Å². The maximum atomic E-state index is 11.9. The fourth-order valence-corrected chi connectivity index (χ4v) is 3.03. The number of nitrogens with one attached hydrogen (secondary N) is 3. The summed E-state index contributed by atoms with van der Waals surface area (Å²) in [5.74, 6) is 1.55. The first-order chi connectivity index (χ1) is 13.3. The first-order valence-corrected chi connectivity index (χ1v) is 9.98. The van der Waals surface area contributed by atoms with E-state index in [4.69, 9.17) is 0 Å². The number of halogens is 1. The summed E-state index contributed by atoms with van der Waals surface area (Å²) in [4.78, 5) is 25.5. The minimum Gasteiger partial charge on any atom is -0.354 e. The number of hydrogen-bond donors (Lipinski definition) is 3. The quantitative estimate of drug-likeness (QED) is 0.301. The molecule has 1 fully saturated rings. The van der Waals surface area contributed by atoms with Crippen molar-refractivity contribution < 1.29 is 4.79 Å². The minimum absolute atomic E-state index is 0. The number of amides is 1. The Morgan fingerprint density at radius 2 is 1.86 bits per heavy atom. The van der Waals surface area contributed by atoms with Gasteiger partial charge in [-0.25, -0.2) is 4.98 Å². The van der Waals surface area contributed by atoms with E-state index in [-0.39, 0.29) is 42.0 Å². The van der Waals surface area contributed by atoms with E-state index in [1.807, 2.05) is 27.0 Å². The summed E-state index contributed by atoms with van der Waals surface area (Å²) >= 11 is 0. The number of piperazine rings is 1. The van der Waals surface area contributed by atoms with Gasteiger partial charge in [0.1, 0.15) is 5.82 Å². The average molecular weight is 517 g/mol. The van der Waals surface area contributed by atoms with Crippen LogP contribution in [0.4, 0.5) is 5.82 Å². The van der Waals surface area contributed by atoms with E-state index in [0.29, 0.717) is 12.5 Å². The Balaban J connectivity index is 0.00000420. The third-order valence-corrected chi connectivity index (χ3v) is 4.57. The van der Waals surface area contributed by atoms with Gasteiger partial charge in [-0.1, -0.05) is 13.0 Å². The van der Waals surface area contributed by atoms with E-state index in [1.54, 1.807) is 7.05 Å². The van der Waals surface area contributed by atoms with Crippen molar-refractivity contribution in [1.82, 2.24) is 25.8 Å². The maximum Gasteiger partial charge on any atom is 0.239 e. The lowest BCUT2D eigenvalue weighted by atomic mass is 10.1. The van der Waals surface area contributed by atoms with Crippen LogP contribution in [0.15, 0.2) is 23.3 Å². The van der Waals surface area contributed by atoms with Crippen LogP contribution >= 0.6 is 24.0 Å². The van der Waals surface area contributed by atoms with Gasteiger partial charge in [-0.3, -0.25) is 9.79 Å². The van der Waals surface area contributed by atoms with E-state index in [0.717, 1.165) is 44.1 Å². The third kappa shape index (κ3) is 9.16. The van der Waals surface area contributed by atoms with Crippen LogP contribution in [-0.2, 0) is 11.3 Å². The van der Waals surface area contributed by atoms with Crippen LogP contribution < -0.4 is 20.9 Å². The Kier molecular flexibility index (Phi) is 10.7. The molecule has 1 aliphatic heterocycles.